The predicted molar refractivity (Wildman–Crippen MR) is 108 cm³/mol. The molecule has 136 valence electrons. The third-order valence-corrected chi connectivity index (χ3v) is 5.14. The Labute approximate surface area is 163 Å². The summed E-state index contributed by atoms with van der Waals surface area (Å²) >= 11 is 7.76. The lowest BCUT2D eigenvalue weighted by Gasteiger charge is -2.13. The zero-order valence-electron chi connectivity index (χ0n) is 15.1. The second-order valence-electron chi connectivity index (χ2n) is 6.46. The van der Waals surface area contributed by atoms with Gasteiger partial charge in [0.1, 0.15) is 5.75 Å². The first kappa shape index (κ1) is 18.8. The molecule has 0 aliphatic rings. The summed E-state index contributed by atoms with van der Waals surface area (Å²) in [5.74, 6) is 3.02. The third kappa shape index (κ3) is 4.59. The van der Waals surface area contributed by atoms with E-state index in [-0.39, 0.29) is 0 Å². The van der Waals surface area contributed by atoms with Crippen LogP contribution in [0.3, 0.4) is 0 Å². The molecule has 6 heteroatoms. The molecule has 3 rings (SSSR count). The van der Waals surface area contributed by atoms with Crippen molar-refractivity contribution >= 4 is 23.4 Å². The summed E-state index contributed by atoms with van der Waals surface area (Å²) in [5.41, 5.74) is 2.21. The highest BCUT2D eigenvalue weighted by atomic mass is 35.5. The molecule has 3 aromatic rings. The maximum absolute atomic E-state index is 6.08. The quantitative estimate of drug-likeness (QED) is 0.498. The largest absolute Gasteiger partial charge is 0.497 e. The monoisotopic (exact) mass is 387 g/mol. The van der Waals surface area contributed by atoms with E-state index in [1.807, 2.05) is 42.5 Å². The highest BCUT2D eigenvalue weighted by Gasteiger charge is 2.15. The Hall–Kier alpha value is -1.98. The van der Waals surface area contributed by atoms with E-state index in [0.29, 0.717) is 5.92 Å². The van der Waals surface area contributed by atoms with Gasteiger partial charge in [-0.25, -0.2) is 0 Å². The first-order valence-corrected chi connectivity index (χ1v) is 9.88. The first-order chi connectivity index (χ1) is 12.6. The van der Waals surface area contributed by atoms with Crippen molar-refractivity contribution in [2.45, 2.75) is 31.3 Å². The van der Waals surface area contributed by atoms with Crippen molar-refractivity contribution in [3.8, 4) is 17.1 Å². The van der Waals surface area contributed by atoms with Gasteiger partial charge in [-0.05, 0) is 47.9 Å². The van der Waals surface area contributed by atoms with Crippen LogP contribution in [0.15, 0.2) is 53.7 Å². The van der Waals surface area contributed by atoms with Crippen LogP contribution in [0, 0.1) is 5.92 Å². The van der Waals surface area contributed by atoms with Gasteiger partial charge in [-0.1, -0.05) is 49.3 Å². The zero-order chi connectivity index (χ0) is 18.5. The van der Waals surface area contributed by atoms with Crippen molar-refractivity contribution < 1.29 is 4.74 Å². The van der Waals surface area contributed by atoms with Gasteiger partial charge in [0.15, 0.2) is 11.0 Å². The molecule has 2 aromatic carbocycles. The number of hydrogen-bond donors (Lipinski definition) is 0. The van der Waals surface area contributed by atoms with Crippen LogP contribution in [0.1, 0.15) is 19.4 Å². The molecule has 0 fully saturated rings. The second-order valence-corrected chi connectivity index (χ2v) is 7.84. The minimum absolute atomic E-state index is 0.494. The van der Waals surface area contributed by atoms with Crippen LogP contribution in [0.2, 0.25) is 5.02 Å². The van der Waals surface area contributed by atoms with Gasteiger partial charge in [-0.3, -0.25) is 0 Å². The number of halogens is 1. The molecule has 0 atom stereocenters. The average Bonchev–Trinajstić information content (AvgIpc) is 3.02. The Balaban J connectivity index is 1.86. The molecule has 0 bridgehead atoms. The van der Waals surface area contributed by atoms with Crippen LogP contribution < -0.4 is 4.74 Å². The van der Waals surface area contributed by atoms with Crippen LogP contribution in [-0.4, -0.2) is 21.9 Å². The minimum atomic E-state index is 0.494. The lowest BCUT2D eigenvalue weighted by atomic mass is 10.2. The van der Waals surface area contributed by atoms with Gasteiger partial charge in [0, 0.05) is 22.9 Å². The van der Waals surface area contributed by atoms with Crippen molar-refractivity contribution in [1.82, 2.24) is 14.8 Å². The Bertz CT molecular complexity index is 862. The smallest absolute Gasteiger partial charge is 0.191 e. The van der Waals surface area contributed by atoms with Crippen molar-refractivity contribution in [2.24, 2.45) is 5.92 Å². The molecule has 0 amide bonds. The summed E-state index contributed by atoms with van der Waals surface area (Å²) in [7, 11) is 1.67. The number of hydrogen-bond acceptors (Lipinski definition) is 4. The van der Waals surface area contributed by atoms with Gasteiger partial charge in [-0.2, -0.15) is 0 Å². The van der Waals surface area contributed by atoms with E-state index < -0.39 is 0 Å². The Morgan fingerprint density at radius 1 is 1.12 bits per heavy atom. The number of methoxy groups -OCH3 is 1. The van der Waals surface area contributed by atoms with Gasteiger partial charge in [0.2, 0.25) is 0 Å². The Kier molecular flexibility index (Phi) is 6.22. The van der Waals surface area contributed by atoms with E-state index in [2.05, 4.69) is 34.7 Å². The van der Waals surface area contributed by atoms with E-state index in [4.69, 9.17) is 16.3 Å². The fraction of sp³-hybridized carbons (Fsp3) is 0.300. The maximum Gasteiger partial charge on any atom is 0.191 e. The minimum Gasteiger partial charge on any atom is -0.497 e. The molecule has 26 heavy (non-hydrogen) atoms. The van der Waals surface area contributed by atoms with E-state index in [1.54, 1.807) is 18.9 Å². The van der Waals surface area contributed by atoms with Crippen LogP contribution in [0.5, 0.6) is 5.75 Å². The van der Waals surface area contributed by atoms with Crippen LogP contribution in [0.4, 0.5) is 0 Å². The lowest BCUT2D eigenvalue weighted by molar-refractivity contribution is 0.415. The van der Waals surface area contributed by atoms with Gasteiger partial charge in [0.05, 0.1) is 7.11 Å². The molecular formula is C20H22ClN3OS. The summed E-state index contributed by atoms with van der Waals surface area (Å²) in [5, 5.41) is 10.6. The summed E-state index contributed by atoms with van der Waals surface area (Å²) < 4.78 is 7.44. The number of nitrogens with zero attached hydrogens (tertiary/aromatic N) is 3. The first-order valence-electron chi connectivity index (χ1n) is 8.51. The summed E-state index contributed by atoms with van der Waals surface area (Å²) in [4.78, 5) is 0. The van der Waals surface area contributed by atoms with Crippen LogP contribution >= 0.6 is 23.4 Å². The van der Waals surface area contributed by atoms with Crippen molar-refractivity contribution in [3.05, 3.63) is 59.1 Å². The molecule has 1 aromatic heterocycles. The Morgan fingerprint density at radius 3 is 2.54 bits per heavy atom. The standard InChI is InChI=1S/C20H22ClN3OS/c1-14(2)12-24-19(16-7-9-18(25-3)10-8-16)22-23-20(24)26-13-15-5-4-6-17(21)11-15/h4-11,14H,12-13H2,1-3H3. The highest BCUT2D eigenvalue weighted by Crippen LogP contribution is 2.28. The number of benzene rings is 2. The molecule has 0 radical (unpaired) electrons. The maximum atomic E-state index is 6.08. The number of aromatic nitrogens is 3. The van der Waals surface area contributed by atoms with Crippen molar-refractivity contribution in [3.63, 3.8) is 0 Å². The molecule has 1 heterocycles. The molecule has 0 saturated heterocycles. The third-order valence-electron chi connectivity index (χ3n) is 3.87. The molecular weight excluding hydrogens is 366 g/mol. The Morgan fingerprint density at radius 2 is 1.88 bits per heavy atom. The normalized spacial score (nSPS) is 11.1. The van der Waals surface area contributed by atoms with E-state index in [0.717, 1.165) is 39.6 Å². The fourth-order valence-electron chi connectivity index (χ4n) is 2.65. The van der Waals surface area contributed by atoms with Crippen LogP contribution in [-0.2, 0) is 12.3 Å². The highest BCUT2D eigenvalue weighted by molar-refractivity contribution is 7.98. The lowest BCUT2D eigenvalue weighted by Crippen LogP contribution is -2.07. The summed E-state index contributed by atoms with van der Waals surface area (Å²) in [6.07, 6.45) is 0. The van der Waals surface area contributed by atoms with E-state index in [1.165, 1.54) is 5.56 Å². The van der Waals surface area contributed by atoms with Gasteiger partial charge in [-0.15, -0.1) is 10.2 Å². The summed E-state index contributed by atoms with van der Waals surface area (Å²) in [6, 6.07) is 15.9. The predicted octanol–water partition coefficient (Wildman–Crippen LogP) is 5.56. The zero-order valence-corrected chi connectivity index (χ0v) is 16.7. The van der Waals surface area contributed by atoms with Gasteiger partial charge in [0.25, 0.3) is 0 Å². The molecule has 0 saturated carbocycles. The van der Waals surface area contributed by atoms with Gasteiger partial charge >= 0.3 is 0 Å². The SMILES string of the molecule is COc1ccc(-c2nnc(SCc3cccc(Cl)c3)n2CC(C)C)cc1. The molecule has 4 nitrogen and oxygen atoms in total. The molecule has 0 N–H and O–H groups in total. The number of thioether (sulfide) groups is 1. The van der Waals surface area contributed by atoms with Crippen molar-refractivity contribution in [2.75, 3.05) is 7.11 Å². The van der Waals surface area contributed by atoms with Gasteiger partial charge < -0.3 is 9.30 Å². The summed E-state index contributed by atoms with van der Waals surface area (Å²) in [6.45, 7) is 5.26. The van der Waals surface area contributed by atoms with E-state index in [9.17, 15) is 0 Å². The van der Waals surface area contributed by atoms with Crippen molar-refractivity contribution in [1.29, 1.82) is 0 Å². The molecule has 0 spiro atoms. The number of rotatable bonds is 7. The molecule has 0 unspecified atom stereocenters. The molecule has 0 aliphatic carbocycles. The van der Waals surface area contributed by atoms with Crippen LogP contribution in [0.25, 0.3) is 11.4 Å². The molecule has 0 aliphatic heterocycles. The number of ether oxygens (including phenoxy) is 1. The fourth-order valence-corrected chi connectivity index (χ4v) is 3.76. The second kappa shape index (κ2) is 8.60. The average molecular weight is 388 g/mol. The van der Waals surface area contributed by atoms with E-state index >= 15 is 0 Å². The topological polar surface area (TPSA) is 39.9 Å².